The highest BCUT2D eigenvalue weighted by Gasteiger charge is 2.17. The average Bonchev–Trinajstić information content (AvgIpc) is 3.46. The molecule has 0 amide bonds. The molecule has 5 aromatic heterocycles. The van der Waals surface area contributed by atoms with E-state index in [1.165, 1.54) is 0 Å². The van der Waals surface area contributed by atoms with Crippen molar-refractivity contribution in [3.05, 3.63) is 66.5 Å². The molecule has 0 bridgehead atoms. The van der Waals surface area contributed by atoms with Crippen LogP contribution in [0.4, 0.5) is 0 Å². The molecule has 0 aliphatic carbocycles. The van der Waals surface area contributed by atoms with E-state index in [4.69, 9.17) is 4.98 Å². The first-order valence-corrected chi connectivity index (χ1v) is 10.3. The summed E-state index contributed by atoms with van der Waals surface area (Å²) in [6, 6.07) is 12.0. The quantitative estimate of drug-likeness (QED) is 0.475. The third-order valence-corrected chi connectivity index (χ3v) is 5.61. The normalized spacial score (nSPS) is 13.5. The Kier molecular flexibility index (Phi) is 4.10. The minimum atomic E-state index is 0.789. The van der Waals surface area contributed by atoms with E-state index >= 15 is 0 Å². The molecule has 0 unspecified atom stereocenters. The first kappa shape index (κ1) is 17.9. The minimum Gasteiger partial charge on any atom is -0.326 e. The van der Waals surface area contributed by atoms with Crippen molar-refractivity contribution in [1.82, 2.24) is 40.0 Å². The van der Waals surface area contributed by atoms with Crippen molar-refractivity contribution in [3.8, 4) is 33.9 Å². The Bertz CT molecular complexity index is 1410. The summed E-state index contributed by atoms with van der Waals surface area (Å²) in [5.74, 6) is 1.05. The topological polar surface area (TPSA) is 97.2 Å². The van der Waals surface area contributed by atoms with Crippen LogP contribution in [0.5, 0.6) is 0 Å². The number of pyridine rings is 3. The molecule has 1 aliphatic heterocycles. The third kappa shape index (κ3) is 3.08. The lowest BCUT2D eigenvalue weighted by Gasteiger charge is -2.17. The summed E-state index contributed by atoms with van der Waals surface area (Å²) in [7, 11) is 0. The summed E-state index contributed by atoms with van der Waals surface area (Å²) in [6.45, 7) is 4.61. The molecule has 8 heteroatoms. The Hall–Kier alpha value is -3.91. The van der Waals surface area contributed by atoms with E-state index < -0.39 is 0 Å². The van der Waals surface area contributed by atoms with Crippen LogP contribution in [0.15, 0.2) is 55.0 Å². The van der Waals surface area contributed by atoms with Crippen molar-refractivity contribution < 1.29 is 0 Å². The summed E-state index contributed by atoms with van der Waals surface area (Å²) in [5.41, 5.74) is 8.09. The van der Waals surface area contributed by atoms with Crippen molar-refractivity contribution in [1.29, 1.82) is 0 Å². The van der Waals surface area contributed by atoms with Gasteiger partial charge in [0.25, 0.3) is 0 Å². The Labute approximate surface area is 178 Å². The molecule has 152 valence electrons. The number of nitrogens with one attached hydrogen (secondary N) is 2. The van der Waals surface area contributed by atoms with Crippen LogP contribution < -0.4 is 5.32 Å². The summed E-state index contributed by atoms with van der Waals surface area (Å²) in [5, 5.41) is 10.8. The van der Waals surface area contributed by atoms with Gasteiger partial charge in [-0.3, -0.25) is 15.1 Å². The highest BCUT2D eigenvalue weighted by molar-refractivity contribution is 5.84. The standard InChI is InChI=1S/C23H20N8/c1-14-3-2-4-19(28-14)23-16(11-27-30-23)17-5-6-18-20(29-17)9-15(10-25-18)21-12-26-22-13-24-7-8-31(21)22/h2-6,9-12,24H,7-8,13H2,1H3,(H,27,30). The van der Waals surface area contributed by atoms with Crippen LogP contribution in [-0.2, 0) is 13.1 Å². The van der Waals surface area contributed by atoms with Crippen LogP contribution in [0.2, 0.25) is 0 Å². The SMILES string of the molecule is Cc1cccc(-c2n[nH]cc2-c2ccc3ncc(-c4cnc5n4CCNC5)cc3n2)n1. The molecule has 0 fully saturated rings. The zero-order valence-electron chi connectivity index (χ0n) is 17.0. The van der Waals surface area contributed by atoms with Gasteiger partial charge in [-0.15, -0.1) is 0 Å². The van der Waals surface area contributed by atoms with Crippen molar-refractivity contribution in [2.75, 3.05) is 6.54 Å². The molecular weight excluding hydrogens is 388 g/mol. The lowest BCUT2D eigenvalue weighted by atomic mass is 10.1. The number of aryl methyl sites for hydroxylation is 1. The molecule has 0 spiro atoms. The van der Waals surface area contributed by atoms with E-state index in [9.17, 15) is 0 Å². The number of fused-ring (bicyclic) bond motifs is 2. The van der Waals surface area contributed by atoms with E-state index in [2.05, 4.69) is 41.1 Å². The molecule has 0 saturated carbocycles. The van der Waals surface area contributed by atoms with Gasteiger partial charge in [-0.2, -0.15) is 5.10 Å². The van der Waals surface area contributed by atoms with Gasteiger partial charge in [-0.25, -0.2) is 9.97 Å². The molecule has 8 nitrogen and oxygen atoms in total. The van der Waals surface area contributed by atoms with Gasteiger partial charge in [0, 0.05) is 42.3 Å². The molecule has 31 heavy (non-hydrogen) atoms. The van der Waals surface area contributed by atoms with Gasteiger partial charge >= 0.3 is 0 Å². The summed E-state index contributed by atoms with van der Waals surface area (Å²) in [6.07, 6.45) is 5.69. The van der Waals surface area contributed by atoms with Crippen molar-refractivity contribution in [2.24, 2.45) is 0 Å². The molecule has 5 aromatic rings. The Morgan fingerprint density at radius 3 is 2.87 bits per heavy atom. The number of hydrogen-bond donors (Lipinski definition) is 2. The lowest BCUT2D eigenvalue weighted by Crippen LogP contribution is -2.28. The van der Waals surface area contributed by atoms with Crippen molar-refractivity contribution in [2.45, 2.75) is 20.0 Å². The van der Waals surface area contributed by atoms with Gasteiger partial charge in [-0.1, -0.05) is 6.07 Å². The Morgan fingerprint density at radius 2 is 1.94 bits per heavy atom. The van der Waals surface area contributed by atoms with Crippen molar-refractivity contribution >= 4 is 11.0 Å². The second-order valence-corrected chi connectivity index (χ2v) is 7.66. The molecule has 0 radical (unpaired) electrons. The van der Waals surface area contributed by atoms with Crippen LogP contribution in [0, 0.1) is 6.92 Å². The van der Waals surface area contributed by atoms with Gasteiger partial charge in [0.05, 0.1) is 40.9 Å². The Morgan fingerprint density at radius 1 is 0.968 bits per heavy atom. The monoisotopic (exact) mass is 408 g/mol. The molecule has 2 N–H and O–H groups in total. The maximum absolute atomic E-state index is 4.92. The number of hydrogen-bond acceptors (Lipinski definition) is 6. The summed E-state index contributed by atoms with van der Waals surface area (Å²) >= 11 is 0. The van der Waals surface area contributed by atoms with Crippen molar-refractivity contribution in [3.63, 3.8) is 0 Å². The number of nitrogens with zero attached hydrogens (tertiary/aromatic N) is 6. The highest BCUT2D eigenvalue weighted by Crippen LogP contribution is 2.30. The average molecular weight is 408 g/mol. The van der Waals surface area contributed by atoms with Gasteiger partial charge in [-0.05, 0) is 37.3 Å². The van der Waals surface area contributed by atoms with Crippen LogP contribution in [0.25, 0.3) is 44.9 Å². The van der Waals surface area contributed by atoms with E-state index in [-0.39, 0.29) is 0 Å². The molecule has 6 rings (SSSR count). The molecule has 6 heterocycles. The van der Waals surface area contributed by atoms with Gasteiger partial charge in [0.1, 0.15) is 11.5 Å². The van der Waals surface area contributed by atoms with E-state index in [0.717, 1.165) is 76.1 Å². The second kappa shape index (κ2) is 7.10. The summed E-state index contributed by atoms with van der Waals surface area (Å²) in [4.78, 5) is 18.7. The number of aromatic nitrogens is 7. The number of aromatic amines is 1. The summed E-state index contributed by atoms with van der Waals surface area (Å²) < 4.78 is 2.25. The number of H-pyrrole nitrogens is 1. The van der Waals surface area contributed by atoms with E-state index in [0.29, 0.717) is 0 Å². The zero-order chi connectivity index (χ0) is 20.8. The van der Waals surface area contributed by atoms with Crippen LogP contribution in [-0.4, -0.2) is 41.2 Å². The fourth-order valence-corrected chi connectivity index (χ4v) is 4.08. The van der Waals surface area contributed by atoms with E-state index in [1.807, 2.05) is 55.8 Å². The maximum Gasteiger partial charge on any atom is 0.123 e. The van der Waals surface area contributed by atoms with Gasteiger partial charge < -0.3 is 9.88 Å². The largest absolute Gasteiger partial charge is 0.326 e. The molecule has 0 saturated heterocycles. The second-order valence-electron chi connectivity index (χ2n) is 7.66. The smallest absolute Gasteiger partial charge is 0.123 e. The van der Waals surface area contributed by atoms with Gasteiger partial charge in [0.2, 0.25) is 0 Å². The van der Waals surface area contributed by atoms with E-state index in [1.54, 1.807) is 0 Å². The predicted octanol–water partition coefficient (Wildman–Crippen LogP) is 3.36. The highest BCUT2D eigenvalue weighted by atomic mass is 15.2. The number of imidazole rings is 1. The first-order chi connectivity index (χ1) is 15.3. The third-order valence-electron chi connectivity index (χ3n) is 5.61. The fourth-order valence-electron chi connectivity index (χ4n) is 4.08. The molecule has 0 atom stereocenters. The van der Waals surface area contributed by atoms with Crippen LogP contribution in [0.3, 0.4) is 0 Å². The zero-order valence-corrected chi connectivity index (χ0v) is 17.0. The molecule has 1 aliphatic rings. The van der Waals surface area contributed by atoms with Crippen LogP contribution >= 0.6 is 0 Å². The van der Waals surface area contributed by atoms with Gasteiger partial charge in [0.15, 0.2) is 0 Å². The maximum atomic E-state index is 4.92. The molecular formula is C23H20N8. The molecule has 0 aromatic carbocycles. The minimum absolute atomic E-state index is 0.789. The number of rotatable bonds is 3. The first-order valence-electron chi connectivity index (χ1n) is 10.3. The predicted molar refractivity (Wildman–Crippen MR) is 118 cm³/mol. The van der Waals surface area contributed by atoms with Crippen LogP contribution in [0.1, 0.15) is 11.5 Å². The fraction of sp³-hybridized carbons (Fsp3) is 0.174. The lowest BCUT2D eigenvalue weighted by molar-refractivity contribution is 0.508. The Balaban J connectivity index is 1.44.